The van der Waals surface area contributed by atoms with Gasteiger partial charge in [0.1, 0.15) is 11.6 Å². The first-order valence-corrected chi connectivity index (χ1v) is 7.43. The van der Waals surface area contributed by atoms with Crippen molar-refractivity contribution in [2.75, 3.05) is 17.2 Å². The average molecular weight is 302 g/mol. The van der Waals surface area contributed by atoms with Crippen LogP contribution in [0.25, 0.3) is 0 Å². The Hall–Kier alpha value is -2.21. The molecule has 0 unspecified atom stereocenters. The summed E-state index contributed by atoms with van der Waals surface area (Å²) in [4.78, 5) is 8.84. The van der Waals surface area contributed by atoms with Gasteiger partial charge in [-0.1, -0.05) is 12.1 Å². The van der Waals surface area contributed by atoms with Crippen LogP contribution in [0.15, 0.2) is 30.3 Å². The molecule has 1 aliphatic carbocycles. The van der Waals surface area contributed by atoms with Gasteiger partial charge in [-0.25, -0.2) is 9.37 Å². The molecule has 0 radical (unpaired) electrons. The van der Waals surface area contributed by atoms with E-state index in [0.717, 1.165) is 18.5 Å². The molecule has 1 fully saturated rings. The standard InChI is InChI=1S/C16H19FN4O/c1-10(9-22)18-16-20-14(11-6-7-11)8-15(21-16)19-13-5-3-2-4-12(13)17/h2-5,8,10-11,22H,6-7,9H2,1H3,(H2,18,19,20,21)/t10-/m0/s1. The summed E-state index contributed by atoms with van der Waals surface area (Å²) in [6, 6.07) is 8.19. The molecule has 3 N–H and O–H groups in total. The lowest BCUT2D eigenvalue weighted by Crippen LogP contribution is -2.21. The van der Waals surface area contributed by atoms with Crippen LogP contribution in [0.1, 0.15) is 31.4 Å². The molecule has 1 heterocycles. The van der Waals surface area contributed by atoms with E-state index in [1.54, 1.807) is 18.2 Å². The van der Waals surface area contributed by atoms with Crippen molar-refractivity contribution in [2.24, 2.45) is 0 Å². The fraction of sp³-hybridized carbons (Fsp3) is 0.375. The van der Waals surface area contributed by atoms with Crippen LogP contribution < -0.4 is 10.6 Å². The van der Waals surface area contributed by atoms with E-state index in [9.17, 15) is 4.39 Å². The Morgan fingerprint density at radius 2 is 2.09 bits per heavy atom. The van der Waals surface area contributed by atoms with Crippen LogP contribution in [0.4, 0.5) is 21.8 Å². The minimum absolute atomic E-state index is 0.00685. The van der Waals surface area contributed by atoms with Gasteiger partial charge in [0.2, 0.25) is 5.95 Å². The van der Waals surface area contributed by atoms with Crippen LogP contribution in [0.2, 0.25) is 0 Å². The second kappa shape index (κ2) is 6.27. The fourth-order valence-corrected chi connectivity index (χ4v) is 2.15. The van der Waals surface area contributed by atoms with Gasteiger partial charge in [0.05, 0.1) is 18.0 Å². The number of aliphatic hydroxyl groups excluding tert-OH is 1. The fourth-order valence-electron chi connectivity index (χ4n) is 2.15. The van der Waals surface area contributed by atoms with Gasteiger partial charge in [-0.3, -0.25) is 0 Å². The molecule has 116 valence electrons. The zero-order valence-electron chi connectivity index (χ0n) is 12.4. The van der Waals surface area contributed by atoms with Crippen molar-refractivity contribution in [3.05, 3.63) is 41.8 Å². The lowest BCUT2D eigenvalue weighted by Gasteiger charge is -2.14. The van der Waals surface area contributed by atoms with E-state index in [2.05, 4.69) is 20.6 Å². The predicted molar refractivity (Wildman–Crippen MR) is 83.9 cm³/mol. The zero-order valence-corrected chi connectivity index (χ0v) is 12.4. The van der Waals surface area contributed by atoms with Gasteiger partial charge in [0.15, 0.2) is 0 Å². The first-order chi connectivity index (χ1) is 10.7. The lowest BCUT2D eigenvalue weighted by molar-refractivity contribution is 0.281. The molecule has 0 bridgehead atoms. The normalized spacial score (nSPS) is 15.4. The molecule has 1 aromatic carbocycles. The van der Waals surface area contributed by atoms with Crippen LogP contribution in [0.5, 0.6) is 0 Å². The maximum absolute atomic E-state index is 13.8. The minimum atomic E-state index is -0.327. The molecule has 2 aromatic rings. The number of para-hydroxylation sites is 1. The van der Waals surface area contributed by atoms with Gasteiger partial charge < -0.3 is 15.7 Å². The number of nitrogens with one attached hydrogen (secondary N) is 2. The Kier molecular flexibility index (Phi) is 4.20. The van der Waals surface area contributed by atoms with Gasteiger partial charge in [0, 0.05) is 18.0 Å². The first-order valence-electron chi connectivity index (χ1n) is 7.43. The Labute approximate surface area is 128 Å². The number of aromatic nitrogens is 2. The van der Waals surface area contributed by atoms with Crippen molar-refractivity contribution in [2.45, 2.75) is 31.7 Å². The Balaban J connectivity index is 1.87. The molecule has 5 nitrogen and oxygen atoms in total. The minimum Gasteiger partial charge on any atom is -0.394 e. The summed E-state index contributed by atoms with van der Waals surface area (Å²) in [6.07, 6.45) is 2.23. The van der Waals surface area contributed by atoms with E-state index in [-0.39, 0.29) is 18.5 Å². The number of hydrogen-bond acceptors (Lipinski definition) is 5. The van der Waals surface area contributed by atoms with E-state index >= 15 is 0 Å². The Morgan fingerprint density at radius 3 is 2.77 bits per heavy atom. The van der Waals surface area contributed by atoms with Crippen molar-refractivity contribution in [3.63, 3.8) is 0 Å². The van der Waals surface area contributed by atoms with Crippen molar-refractivity contribution in [3.8, 4) is 0 Å². The first kappa shape index (κ1) is 14.7. The third kappa shape index (κ3) is 3.51. The number of hydrogen-bond donors (Lipinski definition) is 3. The van der Waals surface area contributed by atoms with Crippen LogP contribution in [-0.2, 0) is 0 Å². The van der Waals surface area contributed by atoms with E-state index in [1.165, 1.54) is 6.07 Å². The SMILES string of the molecule is C[C@@H](CO)Nc1nc(Nc2ccccc2F)cc(C2CC2)n1. The molecule has 1 aliphatic rings. The van der Waals surface area contributed by atoms with Crippen LogP contribution in [-0.4, -0.2) is 27.7 Å². The summed E-state index contributed by atoms with van der Waals surface area (Å²) >= 11 is 0. The largest absolute Gasteiger partial charge is 0.394 e. The molecule has 22 heavy (non-hydrogen) atoms. The lowest BCUT2D eigenvalue weighted by atomic mass is 10.2. The van der Waals surface area contributed by atoms with Crippen LogP contribution >= 0.6 is 0 Å². The molecule has 6 heteroatoms. The number of nitrogens with zero attached hydrogens (tertiary/aromatic N) is 2. The predicted octanol–water partition coefficient (Wildman–Crippen LogP) is 3.03. The Bertz CT molecular complexity index is 660. The van der Waals surface area contributed by atoms with E-state index in [4.69, 9.17) is 5.11 Å². The summed E-state index contributed by atoms with van der Waals surface area (Å²) in [5.41, 5.74) is 1.32. The molecule has 0 spiro atoms. The van der Waals surface area contributed by atoms with Gasteiger partial charge >= 0.3 is 0 Å². The zero-order chi connectivity index (χ0) is 15.5. The van der Waals surface area contributed by atoms with E-state index in [1.807, 2.05) is 13.0 Å². The van der Waals surface area contributed by atoms with Crippen molar-refractivity contribution < 1.29 is 9.50 Å². The number of rotatable bonds is 6. The summed E-state index contributed by atoms with van der Waals surface area (Å²) in [7, 11) is 0. The summed E-state index contributed by atoms with van der Waals surface area (Å²) in [6.45, 7) is 1.84. The second-order valence-corrected chi connectivity index (χ2v) is 5.61. The highest BCUT2D eigenvalue weighted by atomic mass is 19.1. The topological polar surface area (TPSA) is 70.1 Å². The second-order valence-electron chi connectivity index (χ2n) is 5.61. The molecule has 0 aliphatic heterocycles. The van der Waals surface area contributed by atoms with Gasteiger partial charge in [0.25, 0.3) is 0 Å². The van der Waals surface area contributed by atoms with Crippen LogP contribution in [0, 0.1) is 5.82 Å². The Morgan fingerprint density at radius 1 is 1.32 bits per heavy atom. The summed E-state index contributed by atoms with van der Waals surface area (Å²) in [5, 5.41) is 15.2. The van der Waals surface area contributed by atoms with Crippen molar-refractivity contribution >= 4 is 17.5 Å². The molecular weight excluding hydrogens is 283 g/mol. The molecule has 0 amide bonds. The molecule has 1 atom stereocenters. The van der Waals surface area contributed by atoms with E-state index < -0.39 is 0 Å². The number of aliphatic hydroxyl groups is 1. The number of anilines is 3. The molecule has 1 saturated carbocycles. The van der Waals surface area contributed by atoms with Gasteiger partial charge in [-0.2, -0.15) is 4.98 Å². The van der Waals surface area contributed by atoms with Crippen LogP contribution in [0.3, 0.4) is 0 Å². The summed E-state index contributed by atoms with van der Waals surface area (Å²) in [5.74, 6) is 1.13. The van der Waals surface area contributed by atoms with Gasteiger partial charge in [-0.05, 0) is 31.9 Å². The maximum Gasteiger partial charge on any atom is 0.225 e. The number of benzene rings is 1. The highest BCUT2D eigenvalue weighted by molar-refractivity contribution is 5.58. The molecule has 1 aromatic heterocycles. The third-order valence-corrected chi connectivity index (χ3v) is 3.53. The maximum atomic E-state index is 13.8. The van der Waals surface area contributed by atoms with Gasteiger partial charge in [-0.15, -0.1) is 0 Å². The molecule has 0 saturated heterocycles. The highest BCUT2D eigenvalue weighted by Crippen LogP contribution is 2.40. The average Bonchev–Trinajstić information content (AvgIpc) is 3.34. The highest BCUT2D eigenvalue weighted by Gasteiger charge is 2.26. The molecule has 3 rings (SSSR count). The monoisotopic (exact) mass is 302 g/mol. The van der Waals surface area contributed by atoms with Crippen molar-refractivity contribution in [1.82, 2.24) is 9.97 Å². The summed E-state index contributed by atoms with van der Waals surface area (Å²) < 4.78 is 13.8. The smallest absolute Gasteiger partial charge is 0.225 e. The third-order valence-electron chi connectivity index (χ3n) is 3.53. The quantitative estimate of drug-likeness (QED) is 0.765. The van der Waals surface area contributed by atoms with Crippen molar-refractivity contribution in [1.29, 1.82) is 0 Å². The number of halogens is 1. The molecular formula is C16H19FN4O. The van der Waals surface area contributed by atoms with E-state index in [0.29, 0.717) is 23.4 Å².